The molecule has 3 heterocycles. The Labute approximate surface area is 158 Å². The smallest absolute Gasteiger partial charge is 0.271 e. The topological polar surface area (TPSA) is 67.8 Å². The van der Waals surface area contributed by atoms with Crippen molar-refractivity contribution in [2.24, 2.45) is 0 Å². The summed E-state index contributed by atoms with van der Waals surface area (Å²) in [5, 5.41) is 9.50. The molecule has 0 spiro atoms. The summed E-state index contributed by atoms with van der Waals surface area (Å²) >= 11 is 3.06. The third-order valence-corrected chi connectivity index (χ3v) is 5.32. The van der Waals surface area contributed by atoms with Crippen LogP contribution in [-0.4, -0.2) is 20.9 Å². The molecular formula is C19H14N4OS2. The van der Waals surface area contributed by atoms with Crippen LogP contribution in [0.5, 0.6) is 0 Å². The van der Waals surface area contributed by atoms with E-state index >= 15 is 0 Å². The Morgan fingerprint density at radius 1 is 1.00 bits per heavy atom. The molecule has 0 aliphatic rings. The van der Waals surface area contributed by atoms with E-state index in [9.17, 15) is 4.79 Å². The van der Waals surface area contributed by atoms with Crippen LogP contribution in [0, 0.1) is 0 Å². The molecule has 7 heteroatoms. The van der Waals surface area contributed by atoms with Gasteiger partial charge in [0, 0.05) is 34.3 Å². The molecule has 0 unspecified atom stereocenters. The lowest BCUT2D eigenvalue weighted by atomic mass is 10.2. The number of nitrogens with zero attached hydrogens (tertiary/aromatic N) is 3. The molecule has 0 saturated heterocycles. The predicted octanol–water partition coefficient (Wildman–Crippen LogP) is 4.26. The summed E-state index contributed by atoms with van der Waals surface area (Å²) in [6, 6.07) is 11.8. The summed E-state index contributed by atoms with van der Waals surface area (Å²) in [7, 11) is 0. The van der Waals surface area contributed by atoms with Crippen LogP contribution in [-0.2, 0) is 6.54 Å². The van der Waals surface area contributed by atoms with Crippen LogP contribution in [0.3, 0.4) is 0 Å². The molecule has 1 amide bonds. The summed E-state index contributed by atoms with van der Waals surface area (Å²) in [4.78, 5) is 25.6. The fraction of sp³-hybridized carbons (Fsp3) is 0.0526. The number of aromatic nitrogens is 3. The quantitative estimate of drug-likeness (QED) is 0.563. The van der Waals surface area contributed by atoms with E-state index in [-0.39, 0.29) is 5.91 Å². The normalized spacial score (nSPS) is 10.6. The number of carbonyl (C=O) groups excluding carboxylic acids is 1. The summed E-state index contributed by atoms with van der Waals surface area (Å²) in [5.41, 5.74) is 3.95. The lowest BCUT2D eigenvalue weighted by molar-refractivity contribution is 0.0946. The highest BCUT2D eigenvalue weighted by Crippen LogP contribution is 2.24. The van der Waals surface area contributed by atoms with E-state index in [1.807, 2.05) is 47.2 Å². The number of thiophene rings is 1. The van der Waals surface area contributed by atoms with E-state index < -0.39 is 0 Å². The van der Waals surface area contributed by atoms with Crippen LogP contribution in [0.2, 0.25) is 0 Å². The van der Waals surface area contributed by atoms with Crippen LogP contribution in [0.25, 0.3) is 21.8 Å². The van der Waals surface area contributed by atoms with E-state index in [4.69, 9.17) is 0 Å². The molecule has 0 saturated carbocycles. The first-order chi connectivity index (χ1) is 12.8. The van der Waals surface area contributed by atoms with Gasteiger partial charge in [0.05, 0.1) is 17.9 Å². The van der Waals surface area contributed by atoms with Gasteiger partial charge in [0.1, 0.15) is 10.7 Å². The highest BCUT2D eigenvalue weighted by atomic mass is 32.1. The molecular weight excluding hydrogens is 364 g/mol. The fourth-order valence-corrected chi connectivity index (χ4v) is 3.93. The average molecular weight is 378 g/mol. The second kappa shape index (κ2) is 7.55. The molecule has 0 aliphatic heterocycles. The van der Waals surface area contributed by atoms with E-state index in [0.29, 0.717) is 12.2 Å². The minimum absolute atomic E-state index is 0.217. The predicted molar refractivity (Wildman–Crippen MR) is 104 cm³/mol. The molecule has 5 nitrogen and oxygen atoms in total. The van der Waals surface area contributed by atoms with Gasteiger partial charge in [0.2, 0.25) is 0 Å². The number of nitrogens with one attached hydrogen (secondary N) is 1. The number of amides is 1. The third kappa shape index (κ3) is 3.54. The van der Waals surface area contributed by atoms with Gasteiger partial charge in [-0.1, -0.05) is 30.3 Å². The molecule has 4 rings (SSSR count). The molecule has 0 radical (unpaired) electrons. The van der Waals surface area contributed by atoms with Gasteiger partial charge in [-0.25, -0.2) is 4.98 Å². The summed E-state index contributed by atoms with van der Waals surface area (Å²) < 4.78 is 0. The third-order valence-electron chi connectivity index (χ3n) is 3.74. The zero-order valence-corrected chi connectivity index (χ0v) is 15.3. The van der Waals surface area contributed by atoms with E-state index in [1.165, 1.54) is 11.3 Å². The number of hydrogen-bond acceptors (Lipinski definition) is 6. The van der Waals surface area contributed by atoms with E-state index in [0.717, 1.165) is 27.5 Å². The van der Waals surface area contributed by atoms with Crippen LogP contribution < -0.4 is 5.32 Å². The van der Waals surface area contributed by atoms with Gasteiger partial charge < -0.3 is 5.32 Å². The minimum atomic E-state index is -0.217. The monoisotopic (exact) mass is 378 g/mol. The van der Waals surface area contributed by atoms with Crippen molar-refractivity contribution in [3.63, 3.8) is 0 Å². The van der Waals surface area contributed by atoms with Crippen molar-refractivity contribution in [1.82, 2.24) is 20.3 Å². The van der Waals surface area contributed by atoms with Crippen molar-refractivity contribution in [3.05, 3.63) is 76.3 Å². The number of thiazole rings is 1. The summed E-state index contributed by atoms with van der Waals surface area (Å²) in [6.07, 6.45) is 3.29. The highest BCUT2D eigenvalue weighted by molar-refractivity contribution is 7.13. The molecule has 3 aromatic heterocycles. The van der Waals surface area contributed by atoms with Gasteiger partial charge in [0.15, 0.2) is 0 Å². The maximum absolute atomic E-state index is 12.4. The van der Waals surface area contributed by atoms with Crippen LogP contribution in [0.1, 0.15) is 16.2 Å². The van der Waals surface area contributed by atoms with Gasteiger partial charge in [-0.05, 0) is 11.4 Å². The van der Waals surface area contributed by atoms with Crippen molar-refractivity contribution in [2.75, 3.05) is 0 Å². The number of rotatable bonds is 5. The molecule has 0 fully saturated rings. The van der Waals surface area contributed by atoms with Gasteiger partial charge in [-0.3, -0.25) is 14.8 Å². The first-order valence-electron chi connectivity index (χ1n) is 7.93. The number of hydrogen-bond donors (Lipinski definition) is 1. The van der Waals surface area contributed by atoms with Crippen molar-refractivity contribution < 1.29 is 4.79 Å². The van der Waals surface area contributed by atoms with Gasteiger partial charge >= 0.3 is 0 Å². The van der Waals surface area contributed by atoms with Crippen LogP contribution >= 0.6 is 22.7 Å². The van der Waals surface area contributed by atoms with Gasteiger partial charge in [0.25, 0.3) is 5.91 Å². The zero-order chi connectivity index (χ0) is 17.8. The second-order valence-electron chi connectivity index (χ2n) is 5.45. The zero-order valence-electron chi connectivity index (χ0n) is 13.6. The maximum atomic E-state index is 12.4. The SMILES string of the molecule is O=C(NCc1nccnc1-c1ccsc1)c1csc(-c2ccccc2)n1. The molecule has 1 aromatic carbocycles. The standard InChI is InChI=1S/C19H14N4OS2/c24-18(16-12-26-19(23-16)13-4-2-1-3-5-13)22-10-15-17(21-8-7-20-15)14-6-9-25-11-14/h1-9,11-12H,10H2,(H,22,24). The second-order valence-corrected chi connectivity index (χ2v) is 7.09. The average Bonchev–Trinajstić information content (AvgIpc) is 3.39. The summed E-state index contributed by atoms with van der Waals surface area (Å²) in [6.45, 7) is 0.302. The lowest BCUT2D eigenvalue weighted by Gasteiger charge is -2.07. The Bertz CT molecular complexity index is 1010. The fourth-order valence-electron chi connectivity index (χ4n) is 2.48. The molecule has 0 aliphatic carbocycles. The van der Waals surface area contributed by atoms with Crippen molar-refractivity contribution >= 4 is 28.6 Å². The Hall–Kier alpha value is -2.90. The maximum Gasteiger partial charge on any atom is 0.271 e. The first kappa shape index (κ1) is 16.6. The van der Waals surface area contributed by atoms with E-state index in [2.05, 4.69) is 20.3 Å². The van der Waals surface area contributed by atoms with Crippen molar-refractivity contribution in [2.45, 2.75) is 6.54 Å². The molecule has 128 valence electrons. The van der Waals surface area contributed by atoms with Crippen molar-refractivity contribution in [3.8, 4) is 21.8 Å². The van der Waals surface area contributed by atoms with Gasteiger partial charge in [-0.15, -0.1) is 11.3 Å². The molecule has 0 bridgehead atoms. The highest BCUT2D eigenvalue weighted by Gasteiger charge is 2.14. The molecule has 1 N–H and O–H groups in total. The molecule has 26 heavy (non-hydrogen) atoms. The number of benzene rings is 1. The first-order valence-corrected chi connectivity index (χ1v) is 9.75. The largest absolute Gasteiger partial charge is 0.345 e. The lowest BCUT2D eigenvalue weighted by Crippen LogP contribution is -2.24. The van der Waals surface area contributed by atoms with Crippen LogP contribution in [0.4, 0.5) is 0 Å². The Morgan fingerprint density at radius 3 is 2.65 bits per heavy atom. The minimum Gasteiger partial charge on any atom is -0.345 e. The Kier molecular flexibility index (Phi) is 4.81. The Morgan fingerprint density at radius 2 is 1.85 bits per heavy atom. The molecule has 0 atom stereocenters. The van der Waals surface area contributed by atoms with Crippen molar-refractivity contribution in [1.29, 1.82) is 0 Å². The summed E-state index contributed by atoms with van der Waals surface area (Å²) in [5.74, 6) is -0.217. The number of carbonyl (C=O) groups is 1. The molecule has 4 aromatic rings. The van der Waals surface area contributed by atoms with Gasteiger partial charge in [-0.2, -0.15) is 11.3 Å². The van der Waals surface area contributed by atoms with Crippen LogP contribution in [0.15, 0.2) is 64.9 Å². The van der Waals surface area contributed by atoms with E-state index in [1.54, 1.807) is 29.1 Å². The Balaban J connectivity index is 1.48.